The third kappa shape index (κ3) is 7.13. The van der Waals surface area contributed by atoms with Crippen LogP contribution < -0.4 is 10.3 Å². The standard InChI is InChI=1S/C5H9BN5O2S.C2H6/c1-4-7-3-8-5(9-4)10-6-11-14(2,12)13;1-2/h3,11H,1-2H3,(H,7,8,9,10);1-2H3/i3D;. The summed E-state index contributed by atoms with van der Waals surface area (Å²) in [6.45, 7) is 5.64. The first-order valence-corrected chi connectivity index (χ1v) is 6.50. The summed E-state index contributed by atoms with van der Waals surface area (Å²) in [4.78, 5) is 13.6. The SMILES string of the molecule is CC.[2H]c1nc(C)[nH]c(=N[B]NS(C)(=O)=O)n1. The lowest BCUT2D eigenvalue weighted by atomic mass is 10.2. The summed E-state index contributed by atoms with van der Waals surface area (Å²) in [5.74, 6) is 0.474. The minimum absolute atomic E-state index is 0.114. The Morgan fingerprint density at radius 3 is 2.69 bits per heavy atom. The molecular weight excluding hydrogens is 229 g/mol. The lowest BCUT2D eigenvalue weighted by Gasteiger charge is -1.94. The molecule has 0 amide bonds. The molecule has 7 nitrogen and oxygen atoms in total. The molecule has 0 aliphatic carbocycles. The van der Waals surface area contributed by atoms with E-state index in [0.717, 1.165) is 13.8 Å². The van der Waals surface area contributed by atoms with Gasteiger partial charge in [0.2, 0.25) is 5.62 Å². The van der Waals surface area contributed by atoms with Crippen LogP contribution >= 0.6 is 0 Å². The lowest BCUT2D eigenvalue weighted by molar-refractivity contribution is 0.599. The van der Waals surface area contributed by atoms with Gasteiger partial charge in [0.1, 0.15) is 13.5 Å². The van der Waals surface area contributed by atoms with E-state index in [1.54, 1.807) is 6.92 Å². The van der Waals surface area contributed by atoms with E-state index >= 15 is 0 Å². The van der Waals surface area contributed by atoms with Gasteiger partial charge in [0, 0.05) is 0 Å². The number of hydrogen-bond donors (Lipinski definition) is 2. The van der Waals surface area contributed by atoms with Crippen molar-refractivity contribution < 1.29 is 9.79 Å². The topological polar surface area (TPSA) is 100 Å². The largest absolute Gasteiger partial charge is 0.389 e. The molecule has 0 aromatic carbocycles. The Morgan fingerprint density at radius 2 is 2.19 bits per heavy atom. The number of H-pyrrole nitrogens is 1. The summed E-state index contributed by atoms with van der Waals surface area (Å²) in [6, 6.07) is 0. The molecule has 1 aromatic rings. The fraction of sp³-hybridized carbons (Fsp3) is 0.571. The first-order valence-electron chi connectivity index (χ1n) is 5.11. The van der Waals surface area contributed by atoms with Gasteiger partial charge in [-0.05, 0) is 6.92 Å². The fourth-order valence-electron chi connectivity index (χ4n) is 0.609. The molecule has 0 aliphatic heterocycles. The third-order valence-electron chi connectivity index (χ3n) is 1.12. The van der Waals surface area contributed by atoms with Gasteiger partial charge in [0.25, 0.3) is 0 Å². The second kappa shape index (κ2) is 7.12. The Morgan fingerprint density at radius 1 is 1.56 bits per heavy atom. The number of aryl methyl sites for hydroxylation is 1. The molecule has 1 heterocycles. The summed E-state index contributed by atoms with van der Waals surface area (Å²) >= 11 is 0. The van der Waals surface area contributed by atoms with Crippen molar-refractivity contribution in [3.63, 3.8) is 0 Å². The summed E-state index contributed by atoms with van der Waals surface area (Å²) in [5, 5.41) is 0. The van der Waals surface area contributed by atoms with Crippen LogP contribution in [0, 0.1) is 6.92 Å². The maximum Gasteiger partial charge on any atom is 0.389 e. The zero-order valence-electron chi connectivity index (χ0n) is 10.6. The molecule has 1 rings (SSSR count). The molecule has 0 atom stereocenters. The molecule has 0 bridgehead atoms. The van der Waals surface area contributed by atoms with Crippen molar-refractivity contribution in [2.45, 2.75) is 20.8 Å². The molecular formula is C7H15BN5O2S. The molecule has 0 unspecified atom stereocenters. The monoisotopic (exact) mass is 245 g/mol. The summed E-state index contributed by atoms with van der Waals surface area (Å²) in [5.41, 5.74) is 0.114. The van der Waals surface area contributed by atoms with Gasteiger partial charge >= 0.3 is 7.55 Å². The highest BCUT2D eigenvalue weighted by Crippen LogP contribution is 1.73. The van der Waals surface area contributed by atoms with E-state index in [4.69, 9.17) is 1.37 Å². The van der Waals surface area contributed by atoms with Crippen LogP contribution in [0.5, 0.6) is 0 Å². The first kappa shape index (κ1) is 12.9. The molecule has 89 valence electrons. The molecule has 0 spiro atoms. The zero-order chi connectivity index (χ0) is 13.5. The summed E-state index contributed by atoms with van der Waals surface area (Å²) in [6.07, 6.45) is 0.821. The Balaban J connectivity index is 0.00000121. The maximum atomic E-state index is 10.7. The predicted octanol–water partition coefficient (Wildman–Crippen LogP) is -0.877. The number of aromatic nitrogens is 3. The van der Waals surface area contributed by atoms with E-state index in [-0.39, 0.29) is 11.9 Å². The number of nitrogens with one attached hydrogen (secondary N) is 2. The van der Waals surface area contributed by atoms with Gasteiger partial charge in [-0.2, -0.15) is 0 Å². The minimum Gasteiger partial charge on any atom is -0.314 e. The Bertz CT molecular complexity index is 492. The molecule has 0 fully saturated rings. The molecule has 0 aliphatic rings. The average Bonchev–Trinajstić information content (AvgIpc) is 2.17. The van der Waals surface area contributed by atoms with Crippen LogP contribution in [0.1, 0.15) is 21.0 Å². The normalized spacial score (nSPS) is 12.5. The average molecular weight is 245 g/mol. The van der Waals surface area contributed by atoms with E-state index < -0.39 is 10.0 Å². The smallest absolute Gasteiger partial charge is 0.314 e. The summed E-state index contributed by atoms with van der Waals surface area (Å²) in [7, 11) is -2.34. The molecule has 0 saturated heterocycles. The molecule has 2 N–H and O–H groups in total. The highest BCUT2D eigenvalue weighted by Gasteiger charge is 1.99. The van der Waals surface area contributed by atoms with Crippen LogP contribution in [-0.2, 0) is 10.0 Å². The van der Waals surface area contributed by atoms with Crippen LogP contribution in [0.25, 0.3) is 0 Å². The Hall–Kier alpha value is -1.22. The van der Waals surface area contributed by atoms with Gasteiger partial charge in [-0.1, -0.05) is 13.8 Å². The molecule has 1 aromatic heterocycles. The van der Waals surface area contributed by atoms with Crippen molar-refractivity contribution in [2.24, 2.45) is 4.90 Å². The number of aromatic amines is 1. The van der Waals surface area contributed by atoms with Crippen LogP contribution in [0.4, 0.5) is 0 Å². The van der Waals surface area contributed by atoms with Crippen molar-refractivity contribution in [1.82, 2.24) is 19.6 Å². The van der Waals surface area contributed by atoms with E-state index in [2.05, 4.69) is 19.9 Å². The molecule has 1 radical (unpaired) electrons. The van der Waals surface area contributed by atoms with Crippen molar-refractivity contribution in [2.75, 3.05) is 6.26 Å². The van der Waals surface area contributed by atoms with Crippen LogP contribution in [0.2, 0.25) is 0 Å². The third-order valence-corrected chi connectivity index (χ3v) is 1.65. The molecule has 9 heteroatoms. The van der Waals surface area contributed by atoms with E-state index in [1.807, 2.05) is 18.5 Å². The predicted molar refractivity (Wildman–Crippen MR) is 61.8 cm³/mol. The van der Waals surface area contributed by atoms with Gasteiger partial charge < -0.3 is 4.98 Å². The van der Waals surface area contributed by atoms with Crippen molar-refractivity contribution >= 4 is 17.6 Å². The van der Waals surface area contributed by atoms with Gasteiger partial charge in [0.15, 0.2) is 10.0 Å². The summed E-state index contributed by atoms with van der Waals surface area (Å²) < 4.78 is 30.6. The van der Waals surface area contributed by atoms with Crippen molar-refractivity contribution in [3.05, 3.63) is 17.7 Å². The Kier molecular flexibility index (Phi) is 5.72. The van der Waals surface area contributed by atoms with E-state index in [1.165, 1.54) is 0 Å². The number of hydrogen-bond acceptors (Lipinski definition) is 5. The van der Waals surface area contributed by atoms with Crippen molar-refractivity contribution in [3.8, 4) is 0 Å². The van der Waals surface area contributed by atoms with Crippen LogP contribution in [0.15, 0.2) is 11.2 Å². The van der Waals surface area contributed by atoms with Gasteiger partial charge in [-0.15, -0.1) is 0 Å². The quantitative estimate of drug-likeness (QED) is 0.675. The number of sulfonamides is 1. The second-order valence-electron chi connectivity index (χ2n) is 2.51. The Labute approximate surface area is 97.2 Å². The molecule has 16 heavy (non-hydrogen) atoms. The van der Waals surface area contributed by atoms with Gasteiger partial charge in [0.05, 0.1) is 6.26 Å². The minimum atomic E-state index is -3.32. The van der Waals surface area contributed by atoms with Gasteiger partial charge in [-0.3, -0.25) is 4.90 Å². The second-order valence-corrected chi connectivity index (χ2v) is 4.29. The van der Waals surface area contributed by atoms with Gasteiger partial charge in [-0.25, -0.2) is 23.0 Å². The van der Waals surface area contributed by atoms with Crippen LogP contribution in [-0.4, -0.2) is 37.2 Å². The first-order chi connectivity index (χ1) is 7.87. The maximum absolute atomic E-state index is 10.7. The lowest BCUT2D eigenvalue weighted by Crippen LogP contribution is -2.28. The number of nitrogens with zero attached hydrogens (tertiary/aromatic N) is 3. The van der Waals surface area contributed by atoms with E-state index in [9.17, 15) is 8.42 Å². The highest BCUT2D eigenvalue weighted by atomic mass is 32.2. The van der Waals surface area contributed by atoms with E-state index in [0.29, 0.717) is 5.82 Å². The fourth-order valence-corrected chi connectivity index (χ4v) is 0.854. The van der Waals surface area contributed by atoms with Crippen molar-refractivity contribution in [1.29, 1.82) is 0 Å². The van der Waals surface area contributed by atoms with Crippen LogP contribution in [0.3, 0.4) is 0 Å². The highest BCUT2D eigenvalue weighted by molar-refractivity contribution is 7.89. The zero-order valence-corrected chi connectivity index (χ0v) is 10.5. The molecule has 0 saturated carbocycles. The number of rotatable bonds is 3.